The minimum absolute atomic E-state index is 0.204. The first-order chi connectivity index (χ1) is 15.5. The number of hydrogen-bond donors (Lipinski definition) is 0. The van der Waals surface area contributed by atoms with Crippen molar-refractivity contribution in [3.63, 3.8) is 0 Å². The van der Waals surface area contributed by atoms with E-state index in [1.807, 2.05) is 35.2 Å². The second-order valence-corrected chi connectivity index (χ2v) is 9.39. The minimum Gasteiger partial charge on any atom is -0.496 e. The summed E-state index contributed by atoms with van der Waals surface area (Å²) in [6.07, 6.45) is 2.20. The summed E-state index contributed by atoms with van der Waals surface area (Å²) in [5.41, 5.74) is 2.51. The molecule has 2 aliphatic rings. The number of ether oxygens (including phenoxy) is 2. The Labute approximate surface area is 192 Å². The van der Waals surface area contributed by atoms with E-state index in [1.54, 1.807) is 14.0 Å². The maximum absolute atomic E-state index is 11.8. The Kier molecular flexibility index (Phi) is 7.36. The van der Waals surface area contributed by atoms with Gasteiger partial charge in [-0.05, 0) is 60.9 Å². The Morgan fingerprint density at radius 2 is 1.81 bits per heavy atom. The number of likely N-dealkylation sites (tertiary alicyclic amines) is 2. The smallest absolute Gasteiger partial charge is 0.219 e. The summed E-state index contributed by atoms with van der Waals surface area (Å²) in [6.45, 7) is 9.42. The van der Waals surface area contributed by atoms with Crippen LogP contribution in [0.2, 0.25) is 0 Å². The molecule has 2 atom stereocenters. The number of carbonyl (C=O) groups excluding carboxylic acids is 1. The van der Waals surface area contributed by atoms with E-state index in [0.717, 1.165) is 63.7 Å². The van der Waals surface area contributed by atoms with Crippen molar-refractivity contribution in [1.82, 2.24) is 9.80 Å². The summed E-state index contributed by atoms with van der Waals surface area (Å²) in [6, 6.07) is 16.6. The second kappa shape index (κ2) is 10.4. The highest BCUT2D eigenvalue weighted by Gasteiger charge is 2.39. The third-order valence-electron chi connectivity index (χ3n) is 7.23. The predicted molar refractivity (Wildman–Crippen MR) is 127 cm³/mol. The minimum atomic E-state index is 0.204. The number of aryl methyl sites for hydroxylation is 1. The van der Waals surface area contributed by atoms with Crippen LogP contribution in [0.1, 0.15) is 30.9 Å². The number of methoxy groups -OCH3 is 1. The normalized spacial score (nSPS) is 22.2. The van der Waals surface area contributed by atoms with Gasteiger partial charge in [-0.1, -0.05) is 30.3 Å². The van der Waals surface area contributed by atoms with Gasteiger partial charge in [0, 0.05) is 45.6 Å². The molecule has 2 saturated heterocycles. The molecule has 5 nitrogen and oxygen atoms in total. The van der Waals surface area contributed by atoms with Gasteiger partial charge in [0.15, 0.2) is 0 Å². The molecule has 0 unspecified atom stereocenters. The first-order valence-electron chi connectivity index (χ1n) is 11.8. The molecule has 2 heterocycles. The van der Waals surface area contributed by atoms with Crippen LogP contribution in [-0.4, -0.2) is 55.6 Å². The molecule has 2 aromatic carbocycles. The highest BCUT2D eigenvalue weighted by Crippen LogP contribution is 2.37. The Morgan fingerprint density at radius 3 is 2.47 bits per heavy atom. The van der Waals surface area contributed by atoms with E-state index < -0.39 is 0 Å². The third-order valence-corrected chi connectivity index (χ3v) is 7.23. The lowest BCUT2D eigenvalue weighted by Crippen LogP contribution is -2.40. The van der Waals surface area contributed by atoms with Crippen LogP contribution in [0.5, 0.6) is 11.5 Å². The zero-order valence-electron chi connectivity index (χ0n) is 19.6. The van der Waals surface area contributed by atoms with Crippen LogP contribution in [0, 0.1) is 24.7 Å². The molecule has 0 saturated carbocycles. The summed E-state index contributed by atoms with van der Waals surface area (Å²) in [5, 5.41) is 0. The van der Waals surface area contributed by atoms with E-state index in [9.17, 15) is 4.79 Å². The number of nitrogens with zero attached hydrogens (tertiary/aromatic N) is 2. The SMILES string of the molecule is COc1ccc(CN2C[C@@H](COc3ccccc3)[C@H](C3CCN(C(C)=O)CC3)C2)cc1C. The summed E-state index contributed by atoms with van der Waals surface area (Å²) < 4.78 is 11.6. The van der Waals surface area contributed by atoms with Crippen LogP contribution in [-0.2, 0) is 11.3 Å². The van der Waals surface area contributed by atoms with E-state index in [1.165, 1.54) is 11.1 Å². The molecule has 4 rings (SSSR count). The van der Waals surface area contributed by atoms with Crippen molar-refractivity contribution in [1.29, 1.82) is 0 Å². The van der Waals surface area contributed by atoms with Crippen LogP contribution in [0.25, 0.3) is 0 Å². The summed E-state index contributed by atoms with van der Waals surface area (Å²) >= 11 is 0. The molecule has 1 amide bonds. The molecule has 0 aliphatic carbocycles. The molecule has 2 fully saturated rings. The number of rotatable bonds is 7. The molecular weight excluding hydrogens is 400 g/mol. The van der Waals surface area contributed by atoms with Gasteiger partial charge in [0.25, 0.3) is 0 Å². The van der Waals surface area contributed by atoms with E-state index >= 15 is 0 Å². The fourth-order valence-corrected chi connectivity index (χ4v) is 5.49. The maximum Gasteiger partial charge on any atom is 0.219 e. The molecule has 0 radical (unpaired) electrons. The molecule has 0 bridgehead atoms. The Hall–Kier alpha value is -2.53. The van der Waals surface area contributed by atoms with Crippen LogP contribution in [0.3, 0.4) is 0 Å². The Balaban J connectivity index is 1.43. The highest BCUT2D eigenvalue weighted by molar-refractivity contribution is 5.73. The maximum atomic E-state index is 11.8. The zero-order chi connectivity index (χ0) is 22.5. The van der Waals surface area contributed by atoms with Crippen molar-refractivity contribution in [3.8, 4) is 11.5 Å². The first-order valence-corrected chi connectivity index (χ1v) is 11.8. The number of hydrogen-bond acceptors (Lipinski definition) is 4. The Morgan fingerprint density at radius 1 is 1.06 bits per heavy atom. The van der Waals surface area contributed by atoms with E-state index in [2.05, 4.69) is 30.0 Å². The summed E-state index contributed by atoms with van der Waals surface area (Å²) in [5.74, 6) is 3.85. The third kappa shape index (κ3) is 5.44. The topological polar surface area (TPSA) is 42.0 Å². The first kappa shape index (κ1) is 22.7. The highest BCUT2D eigenvalue weighted by atomic mass is 16.5. The molecule has 32 heavy (non-hydrogen) atoms. The molecule has 0 N–H and O–H groups in total. The van der Waals surface area contributed by atoms with Crippen LogP contribution in [0.4, 0.5) is 0 Å². The fraction of sp³-hybridized carbons (Fsp3) is 0.519. The van der Waals surface area contributed by atoms with Crippen molar-refractivity contribution < 1.29 is 14.3 Å². The number of piperidine rings is 1. The van der Waals surface area contributed by atoms with Gasteiger partial charge in [0.1, 0.15) is 11.5 Å². The average Bonchev–Trinajstić information content (AvgIpc) is 3.21. The monoisotopic (exact) mass is 436 g/mol. The lowest BCUT2D eigenvalue weighted by Gasteiger charge is -2.36. The molecule has 5 heteroatoms. The lowest BCUT2D eigenvalue weighted by molar-refractivity contribution is -0.130. The van der Waals surface area contributed by atoms with Crippen LogP contribution < -0.4 is 9.47 Å². The molecule has 172 valence electrons. The van der Waals surface area contributed by atoms with E-state index in [-0.39, 0.29) is 5.91 Å². The van der Waals surface area contributed by atoms with E-state index in [0.29, 0.717) is 17.8 Å². The number of carbonyl (C=O) groups is 1. The fourth-order valence-electron chi connectivity index (χ4n) is 5.49. The molecule has 2 aliphatic heterocycles. The quantitative estimate of drug-likeness (QED) is 0.646. The molecule has 0 spiro atoms. The van der Waals surface area contributed by atoms with Crippen molar-refractivity contribution in [2.45, 2.75) is 33.2 Å². The van der Waals surface area contributed by atoms with Crippen LogP contribution in [0.15, 0.2) is 48.5 Å². The van der Waals surface area contributed by atoms with Gasteiger partial charge < -0.3 is 14.4 Å². The molecular formula is C27H36N2O3. The lowest BCUT2D eigenvalue weighted by atomic mass is 9.78. The van der Waals surface area contributed by atoms with Crippen LogP contribution >= 0.6 is 0 Å². The van der Waals surface area contributed by atoms with Crippen molar-refractivity contribution in [3.05, 3.63) is 59.7 Å². The van der Waals surface area contributed by atoms with Gasteiger partial charge in [-0.25, -0.2) is 0 Å². The average molecular weight is 437 g/mol. The van der Waals surface area contributed by atoms with Gasteiger partial charge in [-0.2, -0.15) is 0 Å². The van der Waals surface area contributed by atoms with Gasteiger partial charge in [0.2, 0.25) is 5.91 Å². The van der Waals surface area contributed by atoms with E-state index in [4.69, 9.17) is 9.47 Å². The Bertz CT molecular complexity index is 893. The van der Waals surface area contributed by atoms with Gasteiger partial charge in [0.05, 0.1) is 13.7 Å². The standard InChI is InChI=1S/C27H36N2O3/c1-20-15-22(9-10-27(20)31-3)16-28-17-24(19-32-25-7-5-4-6-8-25)26(18-28)23-11-13-29(14-12-23)21(2)30/h4-10,15,23-24,26H,11-14,16-19H2,1-3H3/t24-,26-/m0/s1. The largest absolute Gasteiger partial charge is 0.496 e. The van der Waals surface area contributed by atoms with Gasteiger partial charge in [-0.3, -0.25) is 9.69 Å². The van der Waals surface area contributed by atoms with Crippen molar-refractivity contribution >= 4 is 5.91 Å². The zero-order valence-corrected chi connectivity index (χ0v) is 19.6. The summed E-state index contributed by atoms with van der Waals surface area (Å²) in [4.78, 5) is 16.4. The predicted octanol–water partition coefficient (Wildman–Crippen LogP) is 4.39. The second-order valence-electron chi connectivity index (χ2n) is 9.39. The number of para-hydroxylation sites is 1. The molecule has 2 aromatic rings. The summed E-state index contributed by atoms with van der Waals surface area (Å²) in [7, 11) is 1.72. The van der Waals surface area contributed by atoms with Gasteiger partial charge in [-0.15, -0.1) is 0 Å². The van der Waals surface area contributed by atoms with Crippen molar-refractivity contribution in [2.75, 3.05) is 39.9 Å². The van der Waals surface area contributed by atoms with Gasteiger partial charge >= 0.3 is 0 Å². The molecule has 0 aromatic heterocycles. The van der Waals surface area contributed by atoms with Crippen molar-refractivity contribution in [2.24, 2.45) is 17.8 Å². The number of amides is 1. The number of benzene rings is 2.